The highest BCUT2D eigenvalue weighted by molar-refractivity contribution is 6.51. The van der Waals surface area contributed by atoms with Gasteiger partial charge in [0, 0.05) is 17.7 Å². The average Bonchev–Trinajstić information content (AvgIpc) is 2.62. The van der Waals surface area contributed by atoms with E-state index in [2.05, 4.69) is 17.0 Å². The summed E-state index contributed by atoms with van der Waals surface area (Å²) >= 11 is 0. The number of likely N-dealkylation sites (N-methyl/N-ethyl adjacent to an activating group) is 1. The molecule has 4 nitrogen and oxygen atoms in total. The Balaban J connectivity index is 2.65. The van der Waals surface area contributed by atoms with Crippen LogP contribution in [0.5, 0.6) is 0 Å². The van der Waals surface area contributed by atoms with Gasteiger partial charge in [0.15, 0.2) is 0 Å². The number of hydrogen-bond acceptors (Lipinski definition) is 4. The highest BCUT2D eigenvalue weighted by atomic mass is 16.2. The fourth-order valence-corrected chi connectivity index (χ4v) is 2.03. The standard InChI is InChI=1S/C14H14N2O2/c1-3-16-12-11(15-2)9-7-5-4-6-8-10(9)13(17)14(12)18/h4,6-8,16H,2-3,5H2,1H3. The van der Waals surface area contributed by atoms with E-state index in [0.717, 1.165) is 0 Å². The minimum Gasteiger partial charge on any atom is -0.380 e. The topological polar surface area (TPSA) is 58.5 Å². The molecule has 0 fully saturated rings. The molecule has 0 aliphatic heterocycles. The normalized spacial score (nSPS) is 18.9. The predicted octanol–water partition coefficient (Wildman–Crippen LogP) is 1.47. The number of ketones is 2. The van der Waals surface area contributed by atoms with Gasteiger partial charge in [0.2, 0.25) is 5.78 Å². The molecule has 2 rings (SSSR count). The zero-order chi connectivity index (χ0) is 13.1. The largest absolute Gasteiger partial charge is 0.380 e. The third-order valence-corrected chi connectivity index (χ3v) is 2.83. The molecule has 2 aliphatic carbocycles. The summed E-state index contributed by atoms with van der Waals surface area (Å²) < 4.78 is 0. The SMILES string of the molecule is C=NC1=C(NCC)C(=O)C(=O)C2=CC=CCC=C21. The molecule has 0 aromatic rings. The lowest BCUT2D eigenvalue weighted by molar-refractivity contribution is -0.132. The van der Waals surface area contributed by atoms with Gasteiger partial charge in [-0.15, -0.1) is 0 Å². The summed E-state index contributed by atoms with van der Waals surface area (Å²) in [6.07, 6.45) is 7.95. The Morgan fingerprint density at radius 1 is 1.33 bits per heavy atom. The van der Waals surface area contributed by atoms with Crippen LogP contribution in [-0.2, 0) is 9.59 Å². The molecule has 0 amide bonds. The highest BCUT2D eigenvalue weighted by Gasteiger charge is 2.34. The van der Waals surface area contributed by atoms with Crippen LogP contribution in [0.1, 0.15) is 13.3 Å². The minimum absolute atomic E-state index is 0.253. The van der Waals surface area contributed by atoms with Crippen LogP contribution in [-0.4, -0.2) is 24.8 Å². The second-order valence-electron chi connectivity index (χ2n) is 3.93. The molecule has 0 unspecified atom stereocenters. The van der Waals surface area contributed by atoms with Crippen molar-refractivity contribution in [3.8, 4) is 0 Å². The van der Waals surface area contributed by atoms with Crippen molar-refractivity contribution in [3.63, 3.8) is 0 Å². The average molecular weight is 242 g/mol. The summed E-state index contributed by atoms with van der Waals surface area (Å²) in [6, 6.07) is 0. The maximum atomic E-state index is 12.0. The first kappa shape index (κ1) is 12.2. The van der Waals surface area contributed by atoms with Gasteiger partial charge >= 0.3 is 0 Å². The summed E-state index contributed by atoms with van der Waals surface area (Å²) in [5.74, 6) is -1.03. The van der Waals surface area contributed by atoms with Crippen molar-refractivity contribution in [2.45, 2.75) is 13.3 Å². The van der Waals surface area contributed by atoms with Gasteiger partial charge in [-0.25, -0.2) is 0 Å². The van der Waals surface area contributed by atoms with Crippen molar-refractivity contribution < 1.29 is 9.59 Å². The zero-order valence-electron chi connectivity index (χ0n) is 10.2. The van der Waals surface area contributed by atoms with E-state index in [1.807, 2.05) is 19.1 Å². The third-order valence-electron chi connectivity index (χ3n) is 2.83. The first-order valence-corrected chi connectivity index (χ1v) is 5.82. The van der Waals surface area contributed by atoms with Crippen LogP contribution in [0, 0.1) is 0 Å². The lowest BCUT2D eigenvalue weighted by Crippen LogP contribution is -2.33. The number of rotatable bonds is 3. The van der Waals surface area contributed by atoms with Crippen molar-refractivity contribution in [1.82, 2.24) is 5.32 Å². The van der Waals surface area contributed by atoms with Crippen molar-refractivity contribution >= 4 is 18.3 Å². The van der Waals surface area contributed by atoms with E-state index in [0.29, 0.717) is 29.8 Å². The molecule has 0 bridgehead atoms. The van der Waals surface area contributed by atoms with E-state index in [-0.39, 0.29) is 5.70 Å². The van der Waals surface area contributed by atoms with Crippen LogP contribution in [0.3, 0.4) is 0 Å². The van der Waals surface area contributed by atoms with E-state index in [4.69, 9.17) is 0 Å². The van der Waals surface area contributed by atoms with Gasteiger partial charge in [0.1, 0.15) is 5.70 Å². The minimum atomic E-state index is -0.544. The van der Waals surface area contributed by atoms with E-state index in [1.165, 1.54) is 0 Å². The number of Topliss-reactive ketones (excluding diaryl/α,β-unsaturated/α-hetero) is 2. The maximum Gasteiger partial charge on any atom is 0.251 e. The Hall–Kier alpha value is -2.23. The van der Waals surface area contributed by atoms with Crippen LogP contribution in [0.4, 0.5) is 0 Å². The quantitative estimate of drug-likeness (QED) is 0.602. The third kappa shape index (κ3) is 1.86. The molecule has 0 aromatic heterocycles. The first-order chi connectivity index (χ1) is 8.70. The van der Waals surface area contributed by atoms with Gasteiger partial charge in [-0.1, -0.05) is 24.3 Å². The molecule has 4 heteroatoms. The smallest absolute Gasteiger partial charge is 0.251 e. The Bertz CT molecular complexity index is 548. The van der Waals surface area contributed by atoms with Gasteiger partial charge in [0.05, 0.1) is 5.70 Å². The van der Waals surface area contributed by atoms with E-state index in [1.54, 1.807) is 12.2 Å². The second-order valence-corrected chi connectivity index (χ2v) is 3.93. The Morgan fingerprint density at radius 3 is 2.78 bits per heavy atom. The number of nitrogens with zero attached hydrogens (tertiary/aromatic N) is 1. The summed E-state index contributed by atoms with van der Waals surface area (Å²) in [4.78, 5) is 27.9. The van der Waals surface area contributed by atoms with Crippen molar-refractivity contribution in [2.75, 3.05) is 6.54 Å². The van der Waals surface area contributed by atoms with Crippen molar-refractivity contribution in [3.05, 3.63) is 46.8 Å². The zero-order valence-corrected chi connectivity index (χ0v) is 10.2. The molecule has 0 atom stereocenters. The molecule has 0 aromatic carbocycles. The second kappa shape index (κ2) is 4.96. The molecule has 0 saturated carbocycles. The number of carbonyl (C=O) groups is 2. The number of aliphatic imine (C=N–C) groups is 1. The van der Waals surface area contributed by atoms with Gasteiger partial charge in [0.25, 0.3) is 5.78 Å². The Labute approximate surface area is 105 Å². The molecule has 0 heterocycles. The number of fused-ring (bicyclic) bond motifs is 1. The monoisotopic (exact) mass is 242 g/mol. The Morgan fingerprint density at radius 2 is 2.11 bits per heavy atom. The molecule has 2 aliphatic rings. The predicted molar refractivity (Wildman–Crippen MR) is 70.2 cm³/mol. The van der Waals surface area contributed by atoms with Gasteiger partial charge in [-0.2, -0.15) is 0 Å². The number of allylic oxidation sites excluding steroid dienone is 6. The van der Waals surface area contributed by atoms with Crippen LogP contribution >= 0.6 is 0 Å². The summed E-state index contributed by atoms with van der Waals surface area (Å²) in [5, 5.41) is 2.91. The summed E-state index contributed by atoms with van der Waals surface area (Å²) in [5.41, 5.74) is 1.81. The van der Waals surface area contributed by atoms with E-state index < -0.39 is 11.6 Å². The van der Waals surface area contributed by atoms with Gasteiger partial charge in [-0.3, -0.25) is 14.6 Å². The molecular weight excluding hydrogens is 228 g/mol. The van der Waals surface area contributed by atoms with E-state index in [9.17, 15) is 9.59 Å². The summed E-state index contributed by atoms with van der Waals surface area (Å²) in [6.45, 7) is 5.91. The van der Waals surface area contributed by atoms with Crippen LogP contribution in [0.2, 0.25) is 0 Å². The fourth-order valence-electron chi connectivity index (χ4n) is 2.03. The maximum absolute atomic E-state index is 12.0. The van der Waals surface area contributed by atoms with Crippen LogP contribution in [0.25, 0.3) is 0 Å². The van der Waals surface area contributed by atoms with Crippen molar-refractivity contribution in [2.24, 2.45) is 4.99 Å². The van der Waals surface area contributed by atoms with Crippen molar-refractivity contribution in [1.29, 1.82) is 0 Å². The van der Waals surface area contributed by atoms with Gasteiger partial charge < -0.3 is 5.32 Å². The number of hydrogen-bond donors (Lipinski definition) is 1. The van der Waals surface area contributed by atoms with E-state index >= 15 is 0 Å². The van der Waals surface area contributed by atoms with Crippen LogP contribution < -0.4 is 5.32 Å². The summed E-state index contributed by atoms with van der Waals surface area (Å²) in [7, 11) is 0. The lowest BCUT2D eigenvalue weighted by Gasteiger charge is -2.20. The molecule has 1 N–H and O–H groups in total. The highest BCUT2D eigenvalue weighted by Crippen LogP contribution is 2.31. The number of carbonyl (C=O) groups excluding carboxylic acids is 2. The van der Waals surface area contributed by atoms with Crippen LogP contribution in [0.15, 0.2) is 51.8 Å². The Kier molecular flexibility index (Phi) is 3.37. The molecule has 18 heavy (non-hydrogen) atoms. The van der Waals surface area contributed by atoms with Gasteiger partial charge in [-0.05, 0) is 20.1 Å². The number of nitrogens with one attached hydrogen (secondary N) is 1. The molecule has 92 valence electrons. The molecule has 0 radical (unpaired) electrons. The molecule has 0 saturated heterocycles. The first-order valence-electron chi connectivity index (χ1n) is 5.82. The molecular formula is C14H14N2O2. The molecule has 0 spiro atoms. The lowest BCUT2D eigenvalue weighted by atomic mass is 9.88. The fraction of sp³-hybridized carbons (Fsp3) is 0.214.